The summed E-state index contributed by atoms with van der Waals surface area (Å²) in [5.41, 5.74) is 0.894. The summed E-state index contributed by atoms with van der Waals surface area (Å²) in [4.78, 5) is 0. The van der Waals surface area contributed by atoms with Crippen molar-refractivity contribution in [1.29, 1.82) is 0 Å². The van der Waals surface area contributed by atoms with E-state index in [1.807, 2.05) is 0 Å². The summed E-state index contributed by atoms with van der Waals surface area (Å²) in [6, 6.07) is 3.79. The average Bonchev–Trinajstić information content (AvgIpc) is 1.96. The number of aryl methyl sites for hydroxylation is 2. The van der Waals surface area contributed by atoms with Gasteiger partial charge >= 0.3 is 27.7 Å². The predicted molar refractivity (Wildman–Crippen MR) is 47.8 cm³/mol. The van der Waals surface area contributed by atoms with Gasteiger partial charge in [-0.3, -0.25) is 0 Å². The van der Waals surface area contributed by atoms with E-state index >= 15 is 0 Å². The van der Waals surface area contributed by atoms with Crippen LogP contribution in [0.2, 0.25) is 0 Å². The molecule has 0 saturated carbocycles. The summed E-state index contributed by atoms with van der Waals surface area (Å²) < 4.78 is 40.5. The first-order valence-electron chi connectivity index (χ1n) is 3.64. The molecule has 0 N–H and O–H groups in total. The molecule has 0 aliphatic rings. The summed E-state index contributed by atoms with van der Waals surface area (Å²) in [7, 11) is 0. The quantitative estimate of drug-likeness (QED) is 0.707. The van der Waals surface area contributed by atoms with Gasteiger partial charge in [0, 0.05) is 0 Å². The molecular formula is C10H11F3OW. The van der Waals surface area contributed by atoms with Gasteiger partial charge in [0.2, 0.25) is 0 Å². The van der Waals surface area contributed by atoms with Crippen molar-refractivity contribution in [2.24, 2.45) is 0 Å². The number of hydrogen-bond acceptors (Lipinski definition) is 1. The maximum absolute atomic E-state index is 13.0. The molecule has 0 aliphatic heterocycles. The van der Waals surface area contributed by atoms with Crippen molar-refractivity contribution >= 4 is 0 Å². The van der Waals surface area contributed by atoms with Crippen molar-refractivity contribution in [2.75, 3.05) is 0 Å². The molecule has 1 aromatic rings. The van der Waals surface area contributed by atoms with E-state index in [9.17, 15) is 13.2 Å². The van der Waals surface area contributed by atoms with E-state index in [2.05, 4.69) is 10.8 Å². The molecule has 0 saturated heterocycles. The van der Waals surface area contributed by atoms with Crippen LogP contribution in [0.25, 0.3) is 0 Å². The van der Waals surface area contributed by atoms with Crippen molar-refractivity contribution in [3.63, 3.8) is 0 Å². The topological polar surface area (TPSA) is 9.23 Å². The van der Waals surface area contributed by atoms with E-state index in [1.165, 1.54) is 13.0 Å². The van der Waals surface area contributed by atoms with Gasteiger partial charge in [0.25, 0.3) is 0 Å². The van der Waals surface area contributed by atoms with Crippen LogP contribution in [0.4, 0.5) is 13.2 Å². The van der Waals surface area contributed by atoms with Crippen molar-refractivity contribution in [1.82, 2.24) is 0 Å². The molecule has 15 heavy (non-hydrogen) atoms. The first-order valence-corrected chi connectivity index (χ1v) is 3.64. The average molecular weight is 388 g/mol. The molecule has 0 fully saturated rings. The smallest absolute Gasteiger partial charge is 0.496 e. The van der Waals surface area contributed by atoms with Crippen LogP contribution in [-0.2, 0) is 21.1 Å². The summed E-state index contributed by atoms with van der Waals surface area (Å²) in [6.07, 6.45) is 0. The first-order chi connectivity index (χ1) is 6.00. The van der Waals surface area contributed by atoms with E-state index < -0.39 is 18.2 Å². The van der Waals surface area contributed by atoms with Gasteiger partial charge in [0.05, 0.1) is 11.6 Å². The predicted octanol–water partition coefficient (Wildman–Crippen LogP) is 3.29. The molecule has 5 heteroatoms. The van der Waals surface area contributed by atoms with Crippen LogP contribution in [0.5, 0.6) is 5.75 Å². The van der Waals surface area contributed by atoms with Crippen LogP contribution in [0.15, 0.2) is 6.07 Å². The Morgan fingerprint density at radius 1 is 1.33 bits per heavy atom. The van der Waals surface area contributed by atoms with Gasteiger partial charge in [-0.1, -0.05) is 13.8 Å². The molecule has 0 heterocycles. The maximum Gasteiger partial charge on any atom is 2.00 e. The van der Waals surface area contributed by atoms with Gasteiger partial charge in [-0.25, -0.2) is 4.39 Å². The Balaban J connectivity index is 0. The standard InChI is InChI=1S/C9H8F3O.CH3.W/c1-5-3-6(2)8(7(10)4-5)13-9(11)12;;/h3,9H,1-2H3;1H3;/q2*-1;+2. The van der Waals surface area contributed by atoms with Gasteiger partial charge in [-0.15, -0.1) is 11.6 Å². The molecule has 0 aromatic heterocycles. The molecule has 0 amide bonds. The number of alkyl halides is 2. The van der Waals surface area contributed by atoms with Crippen molar-refractivity contribution in [3.8, 4) is 5.75 Å². The van der Waals surface area contributed by atoms with Gasteiger partial charge in [-0.05, 0) is 0 Å². The Kier molecular flexibility index (Phi) is 7.76. The fourth-order valence-corrected chi connectivity index (χ4v) is 1.06. The van der Waals surface area contributed by atoms with Crippen LogP contribution < -0.4 is 4.74 Å². The zero-order valence-electron chi connectivity index (χ0n) is 8.61. The Labute approximate surface area is 102 Å². The minimum Gasteiger partial charge on any atom is -0.496 e. The van der Waals surface area contributed by atoms with E-state index in [1.54, 1.807) is 6.92 Å². The third-order valence-electron chi connectivity index (χ3n) is 1.50. The molecule has 0 unspecified atom stereocenters. The third kappa shape index (κ3) is 4.69. The Morgan fingerprint density at radius 3 is 2.27 bits per heavy atom. The fraction of sp³-hybridized carbons (Fsp3) is 0.300. The third-order valence-corrected chi connectivity index (χ3v) is 1.50. The zero-order valence-corrected chi connectivity index (χ0v) is 11.5. The van der Waals surface area contributed by atoms with E-state index in [4.69, 9.17) is 0 Å². The van der Waals surface area contributed by atoms with Crippen molar-refractivity contribution in [2.45, 2.75) is 20.5 Å². The molecule has 1 rings (SSSR count). The second-order valence-electron chi connectivity index (χ2n) is 2.66. The van der Waals surface area contributed by atoms with Crippen LogP contribution in [0.3, 0.4) is 0 Å². The second-order valence-corrected chi connectivity index (χ2v) is 2.66. The molecule has 0 bridgehead atoms. The number of halogens is 3. The monoisotopic (exact) mass is 388 g/mol. The minimum absolute atomic E-state index is 0. The Bertz CT molecular complexity index is 293. The van der Waals surface area contributed by atoms with Gasteiger partial charge < -0.3 is 12.2 Å². The van der Waals surface area contributed by atoms with Gasteiger partial charge in [0.1, 0.15) is 0 Å². The maximum atomic E-state index is 13.0. The molecular weight excluding hydrogens is 377 g/mol. The largest absolute Gasteiger partial charge is 2.00 e. The number of ether oxygens (including phenoxy) is 1. The van der Waals surface area contributed by atoms with E-state index in [-0.39, 0.29) is 28.5 Å². The Hall–Kier alpha value is -0.502. The normalized spacial score (nSPS) is 9.20. The summed E-state index contributed by atoms with van der Waals surface area (Å²) in [6.45, 7) is 0.119. The van der Waals surface area contributed by atoms with E-state index in [0.29, 0.717) is 11.1 Å². The molecule has 1 nitrogen and oxygen atoms in total. The Morgan fingerprint density at radius 2 is 1.87 bits per heavy atom. The number of hydrogen-bond donors (Lipinski definition) is 0. The molecule has 0 atom stereocenters. The number of rotatable bonds is 2. The summed E-state index contributed by atoms with van der Waals surface area (Å²) >= 11 is 0. The van der Waals surface area contributed by atoms with Gasteiger partial charge in [-0.2, -0.15) is 20.4 Å². The van der Waals surface area contributed by atoms with Crippen LogP contribution in [0, 0.1) is 33.2 Å². The van der Waals surface area contributed by atoms with Crippen LogP contribution in [-0.4, -0.2) is 6.61 Å². The second kappa shape index (κ2) is 6.89. The van der Waals surface area contributed by atoms with Crippen LogP contribution in [0.1, 0.15) is 11.1 Å². The van der Waals surface area contributed by atoms with Crippen LogP contribution >= 0.6 is 0 Å². The minimum atomic E-state index is -3.01. The van der Waals surface area contributed by atoms with Crippen molar-refractivity contribution in [3.05, 3.63) is 36.5 Å². The van der Waals surface area contributed by atoms with Crippen molar-refractivity contribution < 1.29 is 39.0 Å². The fourth-order valence-electron chi connectivity index (χ4n) is 1.06. The summed E-state index contributed by atoms with van der Waals surface area (Å²) in [5.74, 6) is -1.31. The molecule has 0 radical (unpaired) electrons. The zero-order chi connectivity index (χ0) is 10.0. The first kappa shape index (κ1) is 16.9. The van der Waals surface area contributed by atoms with Gasteiger partial charge in [0.15, 0.2) is 0 Å². The SMILES string of the molecule is Cc1[c-]c(F)c(OC(F)F)c(C)c1.[CH3-].[W+2]. The summed E-state index contributed by atoms with van der Waals surface area (Å²) in [5, 5.41) is 0. The molecule has 0 aliphatic carbocycles. The van der Waals surface area contributed by atoms with E-state index in [0.717, 1.165) is 0 Å². The molecule has 0 spiro atoms. The molecule has 1 aromatic carbocycles. The molecule has 84 valence electrons. The number of benzene rings is 1.